The molecule has 3 rings (SSSR count). The van der Waals surface area contributed by atoms with E-state index in [1.165, 1.54) is 17.3 Å². The highest BCUT2D eigenvalue weighted by Crippen LogP contribution is 2.38. The average Bonchev–Trinajstić information content (AvgIpc) is 3.11. The van der Waals surface area contributed by atoms with Gasteiger partial charge in [0.15, 0.2) is 0 Å². The molecule has 1 aromatic heterocycles. The number of alkyl carbamates (subject to hydrolysis) is 1. The third-order valence-electron chi connectivity index (χ3n) is 5.54. The van der Waals surface area contributed by atoms with Crippen LogP contribution in [0.3, 0.4) is 0 Å². The van der Waals surface area contributed by atoms with E-state index in [1.54, 1.807) is 31.5 Å². The summed E-state index contributed by atoms with van der Waals surface area (Å²) in [5.74, 6) is 0.217. The van der Waals surface area contributed by atoms with E-state index in [9.17, 15) is 14.4 Å². The fourth-order valence-electron chi connectivity index (χ4n) is 3.87. The molecule has 0 saturated heterocycles. The molecule has 7 nitrogen and oxygen atoms in total. The molecule has 35 heavy (non-hydrogen) atoms. The summed E-state index contributed by atoms with van der Waals surface area (Å²) in [6.07, 6.45) is 1.05. The average molecular weight is 500 g/mol. The maximum absolute atomic E-state index is 13.6. The van der Waals surface area contributed by atoms with Crippen LogP contribution in [0.5, 0.6) is 0 Å². The van der Waals surface area contributed by atoms with Crippen molar-refractivity contribution in [3.8, 4) is 0 Å². The van der Waals surface area contributed by atoms with Gasteiger partial charge in [-0.15, -0.1) is 11.8 Å². The first-order chi connectivity index (χ1) is 16.2. The Kier molecular flexibility index (Phi) is 7.74. The zero-order valence-electron chi connectivity index (χ0n) is 21.9. The van der Waals surface area contributed by atoms with Crippen LogP contribution in [0.2, 0.25) is 0 Å². The number of amides is 2. The van der Waals surface area contributed by atoms with E-state index < -0.39 is 17.7 Å². The zero-order valence-corrected chi connectivity index (χ0v) is 22.8. The molecule has 2 N–H and O–H groups in total. The first kappa shape index (κ1) is 26.9. The number of benzene rings is 1. The van der Waals surface area contributed by atoms with Crippen LogP contribution in [0.15, 0.2) is 40.2 Å². The monoisotopic (exact) mass is 499 g/mol. The maximum atomic E-state index is 13.6. The van der Waals surface area contributed by atoms with E-state index in [0.29, 0.717) is 28.3 Å². The van der Waals surface area contributed by atoms with E-state index in [1.807, 2.05) is 26.0 Å². The van der Waals surface area contributed by atoms with E-state index in [2.05, 4.69) is 43.5 Å². The number of pyridine rings is 1. The predicted molar refractivity (Wildman–Crippen MR) is 140 cm³/mol. The lowest BCUT2D eigenvalue weighted by Crippen LogP contribution is -2.38. The van der Waals surface area contributed by atoms with Crippen LogP contribution >= 0.6 is 11.8 Å². The molecule has 2 amide bonds. The van der Waals surface area contributed by atoms with Crippen molar-refractivity contribution in [3.05, 3.63) is 63.1 Å². The normalized spacial score (nSPS) is 15.6. The van der Waals surface area contributed by atoms with Gasteiger partial charge in [-0.25, -0.2) is 4.79 Å². The summed E-state index contributed by atoms with van der Waals surface area (Å²) >= 11 is 1.41. The van der Waals surface area contributed by atoms with E-state index >= 15 is 0 Å². The van der Waals surface area contributed by atoms with Gasteiger partial charge in [0.25, 0.3) is 11.5 Å². The van der Waals surface area contributed by atoms with Gasteiger partial charge in [0.2, 0.25) is 0 Å². The number of ether oxygens (including phenoxy) is 1. The molecular formula is C27H37N3O4S. The zero-order chi connectivity index (χ0) is 26.1. The predicted octanol–water partition coefficient (Wildman–Crippen LogP) is 5.00. The number of rotatable bonds is 5. The van der Waals surface area contributed by atoms with E-state index in [4.69, 9.17) is 4.74 Å². The summed E-state index contributed by atoms with van der Waals surface area (Å²) in [4.78, 5) is 39.7. The van der Waals surface area contributed by atoms with Crippen LogP contribution in [0.1, 0.15) is 88.5 Å². The van der Waals surface area contributed by atoms with Crippen LogP contribution in [0.4, 0.5) is 4.79 Å². The number of nitrogens with zero attached hydrogens (tertiary/aromatic N) is 1. The van der Waals surface area contributed by atoms with Gasteiger partial charge in [-0.05, 0) is 51.2 Å². The van der Waals surface area contributed by atoms with Crippen LogP contribution < -0.4 is 16.2 Å². The molecule has 1 atom stereocenters. The lowest BCUT2D eigenvalue weighted by atomic mass is 9.87. The number of aromatic nitrogens is 1. The molecule has 0 saturated carbocycles. The van der Waals surface area contributed by atoms with Gasteiger partial charge >= 0.3 is 6.09 Å². The Hall–Kier alpha value is -2.74. The number of hydrogen-bond acceptors (Lipinski definition) is 5. The van der Waals surface area contributed by atoms with Crippen molar-refractivity contribution >= 4 is 23.8 Å². The molecule has 1 aromatic carbocycles. The summed E-state index contributed by atoms with van der Waals surface area (Å²) in [6.45, 7) is 15.9. The highest BCUT2D eigenvalue weighted by molar-refractivity contribution is 7.99. The number of carbonyl (C=O) groups excluding carboxylic acids is 2. The Morgan fingerprint density at radius 2 is 1.74 bits per heavy atom. The quantitative estimate of drug-likeness (QED) is 0.604. The highest BCUT2D eigenvalue weighted by atomic mass is 32.2. The van der Waals surface area contributed by atoms with Crippen molar-refractivity contribution in [2.24, 2.45) is 0 Å². The summed E-state index contributed by atoms with van der Waals surface area (Å²) in [6, 6.07) is 7.58. The van der Waals surface area contributed by atoms with E-state index in [-0.39, 0.29) is 22.9 Å². The Labute approximate surface area is 212 Å². The summed E-state index contributed by atoms with van der Waals surface area (Å²) in [7, 11) is 0. The molecule has 0 aliphatic carbocycles. The third-order valence-corrected chi connectivity index (χ3v) is 6.76. The number of fused-ring (bicyclic) bond motifs is 1. The molecule has 0 radical (unpaired) electrons. The molecule has 2 heterocycles. The fraction of sp³-hybridized carbons (Fsp3) is 0.519. The number of hydrogen-bond donors (Lipinski definition) is 2. The Balaban J connectivity index is 2.01. The second-order valence-electron chi connectivity index (χ2n) is 11.3. The van der Waals surface area contributed by atoms with E-state index in [0.717, 1.165) is 5.56 Å². The van der Waals surface area contributed by atoms with Crippen LogP contribution in [-0.2, 0) is 16.7 Å². The van der Waals surface area contributed by atoms with Gasteiger partial charge in [-0.2, -0.15) is 0 Å². The molecule has 2 aromatic rings. The maximum Gasteiger partial charge on any atom is 0.408 e. The smallest absolute Gasteiger partial charge is 0.408 e. The van der Waals surface area contributed by atoms with Gasteiger partial charge in [-0.3, -0.25) is 9.59 Å². The molecular weight excluding hydrogens is 462 g/mol. The molecule has 1 aliphatic rings. The molecule has 190 valence electrons. The van der Waals surface area contributed by atoms with Gasteiger partial charge in [-0.1, -0.05) is 45.0 Å². The van der Waals surface area contributed by atoms with Gasteiger partial charge in [0, 0.05) is 22.9 Å². The highest BCUT2D eigenvalue weighted by Gasteiger charge is 2.34. The van der Waals surface area contributed by atoms with Crippen molar-refractivity contribution in [1.29, 1.82) is 0 Å². The Morgan fingerprint density at radius 1 is 1.11 bits per heavy atom. The topological polar surface area (TPSA) is 89.4 Å². The second-order valence-corrected chi connectivity index (χ2v) is 12.3. The molecule has 1 aliphatic heterocycles. The molecule has 8 heteroatoms. The SMILES string of the molecule is CC(C)NC(=O)c1cn(Cc2ccc(C(C)(C)C)cc2)c(=O)c2c1SC[C@@H]2NC(=O)OC(C)(C)C. The van der Waals surface area contributed by atoms with Gasteiger partial charge < -0.3 is 19.9 Å². The Bertz CT molecular complexity index is 1160. The third kappa shape index (κ3) is 6.69. The van der Waals surface area contributed by atoms with Gasteiger partial charge in [0.05, 0.1) is 23.7 Å². The summed E-state index contributed by atoms with van der Waals surface area (Å²) in [5.41, 5.74) is 2.20. The number of carbonyl (C=O) groups is 2. The number of nitrogens with one attached hydrogen (secondary N) is 2. The number of thioether (sulfide) groups is 1. The van der Waals surface area contributed by atoms with Crippen molar-refractivity contribution in [1.82, 2.24) is 15.2 Å². The summed E-state index contributed by atoms with van der Waals surface area (Å²) < 4.78 is 6.97. The lowest BCUT2D eigenvalue weighted by molar-refractivity contribution is 0.0508. The van der Waals surface area contributed by atoms with Crippen molar-refractivity contribution in [2.75, 3.05) is 5.75 Å². The largest absolute Gasteiger partial charge is 0.444 e. The summed E-state index contributed by atoms with van der Waals surface area (Å²) in [5, 5.41) is 5.76. The molecule has 0 bridgehead atoms. The van der Waals surface area contributed by atoms with Crippen molar-refractivity contribution in [2.45, 2.75) is 89.9 Å². The first-order valence-electron chi connectivity index (χ1n) is 12.0. The second kappa shape index (κ2) is 10.1. The Morgan fingerprint density at radius 3 is 2.29 bits per heavy atom. The first-order valence-corrected chi connectivity index (χ1v) is 12.9. The minimum Gasteiger partial charge on any atom is -0.444 e. The molecule has 0 unspecified atom stereocenters. The van der Waals surface area contributed by atoms with Gasteiger partial charge in [0.1, 0.15) is 5.60 Å². The molecule has 0 fully saturated rings. The fourth-order valence-corrected chi connectivity index (χ4v) is 5.14. The van der Waals surface area contributed by atoms with Crippen LogP contribution in [0.25, 0.3) is 0 Å². The lowest BCUT2D eigenvalue weighted by Gasteiger charge is -2.22. The van der Waals surface area contributed by atoms with Crippen molar-refractivity contribution in [3.63, 3.8) is 0 Å². The standard InChI is InChI=1S/C27H37N3O4S/c1-16(2)28-23(31)19-14-30(13-17-9-11-18(12-10-17)26(3,4)5)24(32)21-20(15-35-22(19)21)29-25(33)34-27(6,7)8/h9-12,14,16,20H,13,15H2,1-8H3,(H,28,31)(H,29,33)/t20-/m0/s1. The van der Waals surface area contributed by atoms with Crippen LogP contribution in [-0.4, -0.2) is 34.0 Å². The minimum atomic E-state index is -0.656. The minimum absolute atomic E-state index is 0.0306. The van der Waals surface area contributed by atoms with Crippen molar-refractivity contribution < 1.29 is 14.3 Å². The molecule has 0 spiro atoms. The van der Waals surface area contributed by atoms with Crippen LogP contribution in [0, 0.1) is 0 Å².